The van der Waals surface area contributed by atoms with Crippen LogP contribution < -0.4 is 0 Å². The molecule has 2 atom stereocenters. The van der Waals surface area contributed by atoms with Crippen molar-refractivity contribution in [2.45, 2.75) is 84.6 Å². The molecule has 1 aliphatic carbocycles. The summed E-state index contributed by atoms with van der Waals surface area (Å²) in [6, 6.07) is 0.358. The van der Waals surface area contributed by atoms with E-state index >= 15 is 0 Å². The van der Waals surface area contributed by atoms with Crippen LogP contribution in [-0.2, 0) is 12.8 Å². The summed E-state index contributed by atoms with van der Waals surface area (Å²) in [6.45, 7) is 11.4. The number of aromatic nitrogens is 1. The Balaban J connectivity index is 1.47. The molecule has 0 unspecified atom stereocenters. The molecule has 0 saturated carbocycles. The standard InChI is InChI=1S/C23H37N3O2/c1-23(2,3)17-9-10-20-19(16-17)21(24-28-20)22(27)26-14-5-4-8-18(26)11-15-25-12-6-7-13-25/h17-18H,4-16H2,1-3H3/t17-,18+/m1/s1. The summed E-state index contributed by atoms with van der Waals surface area (Å²) >= 11 is 0. The molecule has 2 aliphatic heterocycles. The van der Waals surface area contributed by atoms with Gasteiger partial charge in [-0.25, -0.2) is 0 Å². The van der Waals surface area contributed by atoms with Crippen LogP contribution in [0, 0.1) is 11.3 Å². The molecule has 0 spiro atoms. The van der Waals surface area contributed by atoms with Crippen molar-refractivity contribution in [1.82, 2.24) is 15.0 Å². The van der Waals surface area contributed by atoms with Gasteiger partial charge in [-0.15, -0.1) is 0 Å². The van der Waals surface area contributed by atoms with Crippen LogP contribution in [-0.4, -0.2) is 53.1 Å². The number of likely N-dealkylation sites (tertiary alicyclic amines) is 2. The lowest BCUT2D eigenvalue weighted by Crippen LogP contribution is -2.45. The number of rotatable bonds is 4. The van der Waals surface area contributed by atoms with Crippen molar-refractivity contribution < 1.29 is 9.32 Å². The Hall–Kier alpha value is -1.36. The average Bonchev–Trinajstić information content (AvgIpc) is 3.34. The van der Waals surface area contributed by atoms with E-state index in [1.54, 1.807) is 0 Å². The second-order valence-corrected chi connectivity index (χ2v) is 10.2. The van der Waals surface area contributed by atoms with Gasteiger partial charge >= 0.3 is 0 Å². The predicted molar refractivity (Wildman–Crippen MR) is 110 cm³/mol. The Kier molecular flexibility index (Phi) is 5.82. The molecule has 0 bridgehead atoms. The quantitative estimate of drug-likeness (QED) is 0.773. The molecule has 0 aromatic carbocycles. The van der Waals surface area contributed by atoms with Gasteiger partial charge in [-0.3, -0.25) is 4.79 Å². The molecule has 2 fully saturated rings. The molecular formula is C23H37N3O2. The zero-order valence-corrected chi connectivity index (χ0v) is 18.0. The minimum atomic E-state index is 0.116. The van der Waals surface area contributed by atoms with E-state index in [1.165, 1.54) is 32.4 Å². The van der Waals surface area contributed by atoms with E-state index in [0.717, 1.165) is 62.9 Å². The molecule has 0 radical (unpaired) electrons. The van der Waals surface area contributed by atoms with E-state index in [9.17, 15) is 4.79 Å². The van der Waals surface area contributed by atoms with Crippen LogP contribution in [0.15, 0.2) is 4.52 Å². The van der Waals surface area contributed by atoms with Crippen LogP contribution in [0.5, 0.6) is 0 Å². The summed E-state index contributed by atoms with van der Waals surface area (Å²) in [5.41, 5.74) is 1.95. The van der Waals surface area contributed by atoms with Gasteiger partial charge in [-0.05, 0) is 75.8 Å². The highest BCUT2D eigenvalue weighted by molar-refractivity contribution is 5.94. The molecular weight excluding hydrogens is 350 g/mol. The van der Waals surface area contributed by atoms with Crippen molar-refractivity contribution in [3.63, 3.8) is 0 Å². The molecule has 1 aromatic heterocycles. The molecule has 3 aliphatic rings. The normalized spacial score (nSPS) is 26.5. The molecule has 0 N–H and O–H groups in total. The van der Waals surface area contributed by atoms with E-state index < -0.39 is 0 Å². The summed E-state index contributed by atoms with van der Waals surface area (Å²) in [6.07, 6.45) is 10.2. The number of fused-ring (bicyclic) bond motifs is 1. The highest BCUT2D eigenvalue weighted by Gasteiger charge is 2.37. The SMILES string of the molecule is CC(C)(C)[C@@H]1CCc2onc(C(=O)N3CCCC[C@H]3CCN3CCCC3)c2C1. The van der Waals surface area contributed by atoms with Gasteiger partial charge in [0.05, 0.1) is 0 Å². The highest BCUT2D eigenvalue weighted by atomic mass is 16.5. The topological polar surface area (TPSA) is 49.6 Å². The fourth-order valence-electron chi connectivity index (χ4n) is 5.35. The van der Waals surface area contributed by atoms with Gasteiger partial charge < -0.3 is 14.3 Å². The zero-order chi connectivity index (χ0) is 19.7. The van der Waals surface area contributed by atoms with Gasteiger partial charge in [-0.2, -0.15) is 0 Å². The van der Waals surface area contributed by atoms with Gasteiger partial charge in [0.1, 0.15) is 5.76 Å². The number of amides is 1. The number of aryl methyl sites for hydroxylation is 1. The van der Waals surface area contributed by atoms with Crippen LogP contribution in [0.4, 0.5) is 0 Å². The summed E-state index contributed by atoms with van der Waals surface area (Å²) < 4.78 is 5.63. The zero-order valence-electron chi connectivity index (χ0n) is 18.0. The van der Waals surface area contributed by atoms with Gasteiger partial charge in [0.2, 0.25) is 0 Å². The molecule has 5 nitrogen and oxygen atoms in total. The van der Waals surface area contributed by atoms with E-state index in [4.69, 9.17) is 4.52 Å². The Morgan fingerprint density at radius 2 is 1.86 bits per heavy atom. The maximum atomic E-state index is 13.5. The second kappa shape index (κ2) is 8.17. The Bertz CT molecular complexity index is 685. The Labute approximate surface area is 169 Å². The van der Waals surface area contributed by atoms with Crippen molar-refractivity contribution in [2.24, 2.45) is 11.3 Å². The lowest BCUT2D eigenvalue weighted by Gasteiger charge is -2.37. The van der Waals surface area contributed by atoms with Gasteiger partial charge in [0, 0.05) is 31.1 Å². The molecule has 2 saturated heterocycles. The highest BCUT2D eigenvalue weighted by Crippen LogP contribution is 2.39. The molecule has 4 rings (SSSR count). The van der Waals surface area contributed by atoms with E-state index in [-0.39, 0.29) is 11.3 Å². The lowest BCUT2D eigenvalue weighted by molar-refractivity contribution is 0.0576. The molecule has 1 amide bonds. The second-order valence-electron chi connectivity index (χ2n) is 10.2. The largest absolute Gasteiger partial charge is 0.360 e. The maximum absolute atomic E-state index is 13.5. The fourth-order valence-corrected chi connectivity index (χ4v) is 5.35. The van der Waals surface area contributed by atoms with Crippen LogP contribution in [0.2, 0.25) is 0 Å². The first-order chi connectivity index (χ1) is 13.4. The van der Waals surface area contributed by atoms with Crippen molar-refractivity contribution in [3.8, 4) is 0 Å². The van der Waals surface area contributed by atoms with Crippen LogP contribution in [0.25, 0.3) is 0 Å². The van der Waals surface area contributed by atoms with E-state index in [1.807, 2.05) is 0 Å². The van der Waals surface area contributed by atoms with Crippen molar-refractivity contribution in [2.75, 3.05) is 26.2 Å². The monoisotopic (exact) mass is 387 g/mol. The first-order valence-electron chi connectivity index (χ1n) is 11.4. The molecule has 3 heterocycles. The van der Waals surface area contributed by atoms with Crippen molar-refractivity contribution in [1.29, 1.82) is 0 Å². The van der Waals surface area contributed by atoms with Crippen LogP contribution >= 0.6 is 0 Å². The predicted octanol–water partition coefficient (Wildman–Crippen LogP) is 4.31. The molecule has 5 heteroatoms. The summed E-state index contributed by atoms with van der Waals surface area (Å²) in [5, 5.41) is 4.28. The summed E-state index contributed by atoms with van der Waals surface area (Å²) in [7, 11) is 0. The number of carbonyl (C=O) groups is 1. The van der Waals surface area contributed by atoms with Gasteiger partial charge in [-0.1, -0.05) is 25.9 Å². The van der Waals surface area contributed by atoms with E-state index in [0.29, 0.717) is 17.7 Å². The smallest absolute Gasteiger partial charge is 0.276 e. The number of carbonyl (C=O) groups excluding carboxylic acids is 1. The summed E-state index contributed by atoms with van der Waals surface area (Å²) in [4.78, 5) is 18.2. The number of hydrogen-bond acceptors (Lipinski definition) is 4. The molecule has 1 aromatic rings. The Morgan fingerprint density at radius 1 is 1.11 bits per heavy atom. The minimum Gasteiger partial charge on any atom is -0.360 e. The first kappa shape index (κ1) is 19.9. The fraction of sp³-hybridized carbons (Fsp3) is 0.826. The third kappa shape index (κ3) is 4.14. The van der Waals surface area contributed by atoms with Crippen LogP contribution in [0.3, 0.4) is 0 Å². The average molecular weight is 388 g/mol. The third-order valence-corrected chi connectivity index (χ3v) is 7.33. The van der Waals surface area contributed by atoms with Gasteiger partial charge in [0.25, 0.3) is 5.91 Å². The van der Waals surface area contributed by atoms with Crippen molar-refractivity contribution >= 4 is 5.91 Å². The molecule has 28 heavy (non-hydrogen) atoms. The van der Waals surface area contributed by atoms with E-state index in [2.05, 4.69) is 35.7 Å². The van der Waals surface area contributed by atoms with Gasteiger partial charge in [0.15, 0.2) is 5.69 Å². The summed E-state index contributed by atoms with van der Waals surface area (Å²) in [5.74, 6) is 1.65. The Morgan fingerprint density at radius 3 is 2.61 bits per heavy atom. The third-order valence-electron chi connectivity index (χ3n) is 7.33. The minimum absolute atomic E-state index is 0.116. The number of nitrogens with zero attached hydrogens (tertiary/aromatic N) is 3. The first-order valence-corrected chi connectivity index (χ1v) is 11.4. The number of piperidine rings is 1. The number of hydrogen-bond donors (Lipinski definition) is 0. The van der Waals surface area contributed by atoms with Crippen LogP contribution in [0.1, 0.15) is 87.5 Å². The lowest BCUT2D eigenvalue weighted by atomic mass is 9.71. The maximum Gasteiger partial charge on any atom is 0.276 e. The molecule has 156 valence electrons. The van der Waals surface area contributed by atoms with Crippen molar-refractivity contribution in [3.05, 3.63) is 17.0 Å².